The normalized spacial score (nSPS) is 17.8. The first kappa shape index (κ1) is 15.5. The highest BCUT2D eigenvalue weighted by atomic mass is 32.2. The maximum absolute atomic E-state index is 12.5. The largest absolute Gasteiger partial charge is 0.494 e. The van der Waals surface area contributed by atoms with Crippen molar-refractivity contribution in [2.75, 3.05) is 11.5 Å². The van der Waals surface area contributed by atoms with Gasteiger partial charge in [0.05, 0.1) is 12.3 Å². The average Bonchev–Trinajstić information content (AvgIpc) is 3.05. The minimum Gasteiger partial charge on any atom is -0.494 e. The third-order valence-electron chi connectivity index (χ3n) is 3.34. The lowest BCUT2D eigenvalue weighted by Gasteiger charge is -2.15. The van der Waals surface area contributed by atoms with Gasteiger partial charge < -0.3 is 4.74 Å². The predicted octanol–water partition coefficient (Wildman–Crippen LogP) is 1.03. The second kappa shape index (κ2) is 6.37. The number of hydrogen-bond acceptors (Lipinski definition) is 7. The van der Waals surface area contributed by atoms with Gasteiger partial charge in [0.15, 0.2) is 0 Å². The molecule has 8 nitrogen and oxygen atoms in total. The molecule has 3 rings (SSSR count). The molecule has 2 aromatic rings. The zero-order valence-corrected chi connectivity index (χ0v) is 13.5. The van der Waals surface area contributed by atoms with E-state index in [1.165, 1.54) is 21.3 Å². The summed E-state index contributed by atoms with van der Waals surface area (Å²) in [4.78, 5) is 26.0. The number of imide groups is 1. The van der Waals surface area contributed by atoms with Crippen molar-refractivity contribution in [2.24, 2.45) is 7.05 Å². The second-order valence-electron chi connectivity index (χ2n) is 4.89. The molecule has 1 aromatic carbocycles. The van der Waals surface area contributed by atoms with Crippen LogP contribution in [-0.2, 0) is 16.6 Å². The number of nitrogens with zero attached hydrogens (tertiary/aromatic N) is 5. The molecule has 0 aliphatic carbocycles. The van der Waals surface area contributed by atoms with Gasteiger partial charge in [-0.25, -0.2) is 9.58 Å². The van der Waals surface area contributed by atoms with Crippen molar-refractivity contribution in [3.8, 4) is 5.75 Å². The highest BCUT2D eigenvalue weighted by Crippen LogP contribution is 2.33. The van der Waals surface area contributed by atoms with Gasteiger partial charge in [-0.3, -0.25) is 9.59 Å². The minimum absolute atomic E-state index is 0.129. The Morgan fingerprint density at radius 1 is 1.30 bits per heavy atom. The summed E-state index contributed by atoms with van der Waals surface area (Å²) in [5.74, 6) is 0.213. The zero-order valence-electron chi connectivity index (χ0n) is 12.7. The molecule has 0 radical (unpaired) electrons. The van der Waals surface area contributed by atoms with E-state index in [4.69, 9.17) is 4.74 Å². The SMILES string of the molecule is CCOc1ccc(N2C(=O)C[C@H](Sc3nnnn3C)C2=O)cc1. The van der Waals surface area contributed by atoms with Crippen LogP contribution in [-0.4, -0.2) is 43.9 Å². The molecule has 120 valence electrons. The van der Waals surface area contributed by atoms with Gasteiger partial charge in [0.1, 0.15) is 11.0 Å². The maximum atomic E-state index is 12.5. The lowest BCUT2D eigenvalue weighted by molar-refractivity contribution is -0.121. The fourth-order valence-corrected chi connectivity index (χ4v) is 3.23. The number of tetrazole rings is 1. The highest BCUT2D eigenvalue weighted by molar-refractivity contribution is 8.00. The van der Waals surface area contributed by atoms with E-state index in [-0.39, 0.29) is 18.2 Å². The molecule has 1 aromatic heterocycles. The summed E-state index contributed by atoms with van der Waals surface area (Å²) in [5, 5.41) is 11.1. The third kappa shape index (κ3) is 3.04. The Kier molecular flexibility index (Phi) is 4.28. The van der Waals surface area contributed by atoms with E-state index >= 15 is 0 Å². The fraction of sp³-hybridized carbons (Fsp3) is 0.357. The summed E-state index contributed by atoms with van der Waals surface area (Å²) in [5.41, 5.74) is 0.544. The van der Waals surface area contributed by atoms with Crippen molar-refractivity contribution in [1.82, 2.24) is 20.2 Å². The molecule has 0 unspecified atom stereocenters. The van der Waals surface area contributed by atoms with Gasteiger partial charge in [0.25, 0.3) is 0 Å². The molecule has 0 bridgehead atoms. The Balaban J connectivity index is 1.77. The van der Waals surface area contributed by atoms with Gasteiger partial charge in [-0.1, -0.05) is 11.8 Å². The molecular weight excluding hydrogens is 318 g/mol. The smallest absolute Gasteiger partial charge is 0.247 e. The van der Waals surface area contributed by atoms with Crippen LogP contribution in [0.15, 0.2) is 29.4 Å². The van der Waals surface area contributed by atoms with E-state index in [1.54, 1.807) is 31.3 Å². The molecule has 1 aliphatic rings. The number of hydrogen-bond donors (Lipinski definition) is 0. The number of benzene rings is 1. The van der Waals surface area contributed by atoms with Gasteiger partial charge >= 0.3 is 0 Å². The lowest BCUT2D eigenvalue weighted by Crippen LogP contribution is -2.31. The zero-order chi connectivity index (χ0) is 16.4. The van der Waals surface area contributed by atoms with Gasteiger partial charge in [0.2, 0.25) is 17.0 Å². The van der Waals surface area contributed by atoms with Gasteiger partial charge in [-0.2, -0.15) is 0 Å². The number of carbonyl (C=O) groups is 2. The third-order valence-corrected chi connectivity index (χ3v) is 4.55. The van der Waals surface area contributed by atoms with Crippen molar-refractivity contribution < 1.29 is 14.3 Å². The van der Waals surface area contributed by atoms with Crippen LogP contribution in [0.3, 0.4) is 0 Å². The number of carbonyl (C=O) groups excluding carboxylic acids is 2. The quantitative estimate of drug-likeness (QED) is 0.755. The second-order valence-corrected chi connectivity index (χ2v) is 6.06. The monoisotopic (exact) mass is 333 g/mol. The number of ether oxygens (including phenoxy) is 1. The first-order chi connectivity index (χ1) is 11.1. The van der Waals surface area contributed by atoms with Crippen molar-refractivity contribution in [3.63, 3.8) is 0 Å². The highest BCUT2D eigenvalue weighted by Gasteiger charge is 2.40. The number of thioether (sulfide) groups is 1. The molecule has 1 atom stereocenters. The van der Waals surface area contributed by atoms with E-state index in [2.05, 4.69) is 15.5 Å². The average molecular weight is 333 g/mol. The van der Waals surface area contributed by atoms with E-state index in [0.717, 1.165) is 0 Å². The van der Waals surface area contributed by atoms with Crippen LogP contribution in [0.25, 0.3) is 0 Å². The molecule has 0 spiro atoms. The van der Waals surface area contributed by atoms with E-state index in [1.807, 2.05) is 6.92 Å². The molecule has 0 N–H and O–H groups in total. The van der Waals surface area contributed by atoms with Crippen LogP contribution in [0.5, 0.6) is 5.75 Å². The minimum atomic E-state index is -0.515. The molecule has 2 heterocycles. The molecule has 23 heavy (non-hydrogen) atoms. The lowest BCUT2D eigenvalue weighted by atomic mass is 10.3. The van der Waals surface area contributed by atoms with Gasteiger partial charge in [0, 0.05) is 13.5 Å². The molecular formula is C14H15N5O3S. The van der Waals surface area contributed by atoms with E-state index in [0.29, 0.717) is 23.2 Å². The van der Waals surface area contributed by atoms with E-state index in [9.17, 15) is 9.59 Å². The van der Waals surface area contributed by atoms with Crippen molar-refractivity contribution in [1.29, 1.82) is 0 Å². The number of rotatable bonds is 5. The molecule has 1 aliphatic heterocycles. The van der Waals surface area contributed by atoms with E-state index < -0.39 is 5.25 Å². The first-order valence-corrected chi connectivity index (χ1v) is 7.96. The van der Waals surface area contributed by atoms with Crippen LogP contribution >= 0.6 is 11.8 Å². The number of aryl methyl sites for hydroxylation is 1. The topological polar surface area (TPSA) is 90.2 Å². The van der Waals surface area contributed by atoms with Crippen LogP contribution in [0, 0.1) is 0 Å². The fourth-order valence-electron chi connectivity index (χ4n) is 2.27. The summed E-state index contributed by atoms with van der Waals surface area (Å²) in [7, 11) is 1.69. The Hall–Kier alpha value is -2.42. The molecule has 1 fully saturated rings. The Bertz CT molecular complexity index is 730. The standard InChI is InChI=1S/C14H15N5O3S/c1-3-22-10-6-4-9(5-7-10)19-12(20)8-11(13(19)21)23-14-15-16-17-18(14)2/h4-7,11H,3,8H2,1-2H3/t11-/m0/s1. The number of aromatic nitrogens is 4. The van der Waals surface area contributed by atoms with Crippen molar-refractivity contribution in [3.05, 3.63) is 24.3 Å². The molecule has 1 saturated heterocycles. The number of amides is 2. The van der Waals surface area contributed by atoms with Crippen LogP contribution in [0.2, 0.25) is 0 Å². The summed E-state index contributed by atoms with van der Waals surface area (Å²) in [6.45, 7) is 2.45. The van der Waals surface area contributed by atoms with Crippen LogP contribution in [0.4, 0.5) is 5.69 Å². The summed E-state index contributed by atoms with van der Waals surface area (Å²) in [6.07, 6.45) is 0.129. The summed E-state index contributed by atoms with van der Waals surface area (Å²) >= 11 is 1.20. The first-order valence-electron chi connectivity index (χ1n) is 7.09. The van der Waals surface area contributed by atoms with Crippen LogP contribution in [0.1, 0.15) is 13.3 Å². The summed E-state index contributed by atoms with van der Waals surface area (Å²) in [6, 6.07) is 6.90. The molecule has 9 heteroatoms. The van der Waals surface area contributed by atoms with Crippen molar-refractivity contribution in [2.45, 2.75) is 23.8 Å². The van der Waals surface area contributed by atoms with Gasteiger partial charge in [-0.05, 0) is 41.6 Å². The maximum Gasteiger partial charge on any atom is 0.247 e. The van der Waals surface area contributed by atoms with Crippen LogP contribution < -0.4 is 9.64 Å². The summed E-state index contributed by atoms with van der Waals surface area (Å²) < 4.78 is 6.84. The van der Waals surface area contributed by atoms with Gasteiger partial charge in [-0.15, -0.1) is 5.10 Å². The Morgan fingerprint density at radius 3 is 2.65 bits per heavy atom. The van der Waals surface area contributed by atoms with Crippen molar-refractivity contribution >= 4 is 29.3 Å². The predicted molar refractivity (Wildman–Crippen MR) is 83.2 cm³/mol. The molecule has 0 saturated carbocycles. The number of anilines is 1. The Morgan fingerprint density at radius 2 is 2.04 bits per heavy atom. The Labute approximate surface area is 136 Å². The molecule has 2 amide bonds.